The van der Waals surface area contributed by atoms with Crippen LogP contribution < -0.4 is 5.32 Å². The van der Waals surface area contributed by atoms with E-state index in [0.717, 1.165) is 48.3 Å². The lowest BCUT2D eigenvalue weighted by Gasteiger charge is -2.37. The molecule has 0 spiro atoms. The molecule has 1 aliphatic heterocycles. The summed E-state index contributed by atoms with van der Waals surface area (Å²) < 4.78 is 11.2. The van der Waals surface area contributed by atoms with Crippen LogP contribution in [0.5, 0.6) is 0 Å². The van der Waals surface area contributed by atoms with Crippen molar-refractivity contribution in [3.8, 4) is 0 Å². The van der Waals surface area contributed by atoms with Crippen molar-refractivity contribution in [2.75, 3.05) is 20.2 Å². The topological polar surface area (TPSA) is 54.7 Å². The fourth-order valence-corrected chi connectivity index (χ4v) is 5.70. The van der Waals surface area contributed by atoms with Crippen LogP contribution in [-0.2, 0) is 11.3 Å². The number of nitrogens with one attached hydrogen (secondary N) is 1. The Balaban J connectivity index is 1.24. The molecule has 29 heavy (non-hydrogen) atoms. The molecule has 0 unspecified atom stereocenters. The first-order valence-electron chi connectivity index (χ1n) is 10.3. The normalized spacial score (nSPS) is 27.2. The Morgan fingerprint density at radius 1 is 1.24 bits per heavy atom. The third-order valence-electron chi connectivity index (χ3n) is 6.48. The third kappa shape index (κ3) is 3.84. The van der Waals surface area contributed by atoms with Crippen LogP contribution >= 0.6 is 11.3 Å². The van der Waals surface area contributed by atoms with Gasteiger partial charge >= 0.3 is 0 Å². The first kappa shape index (κ1) is 18.9. The van der Waals surface area contributed by atoms with Gasteiger partial charge in [-0.1, -0.05) is 12.1 Å². The number of carbonyl (C=O) groups is 1. The zero-order valence-electron chi connectivity index (χ0n) is 16.5. The minimum absolute atomic E-state index is 0.0220. The van der Waals surface area contributed by atoms with Gasteiger partial charge in [0.1, 0.15) is 5.58 Å². The van der Waals surface area contributed by atoms with Crippen molar-refractivity contribution >= 4 is 28.2 Å². The summed E-state index contributed by atoms with van der Waals surface area (Å²) in [5.74, 6) is 1.26. The smallest absolute Gasteiger partial charge is 0.261 e. The molecule has 3 aromatic rings. The number of hydrogen-bond donors (Lipinski definition) is 1. The number of nitrogens with zero attached hydrogens (tertiary/aromatic N) is 1. The van der Waals surface area contributed by atoms with Gasteiger partial charge in [0, 0.05) is 32.1 Å². The highest BCUT2D eigenvalue weighted by atomic mass is 32.1. The Morgan fingerprint density at radius 2 is 2.10 bits per heavy atom. The maximum atomic E-state index is 12.5. The molecule has 2 fully saturated rings. The molecule has 6 heteroatoms. The Hall–Kier alpha value is -2.15. The monoisotopic (exact) mass is 410 g/mol. The quantitative estimate of drug-likeness (QED) is 0.687. The lowest BCUT2D eigenvalue weighted by atomic mass is 9.77. The summed E-state index contributed by atoms with van der Waals surface area (Å²) in [6.45, 7) is 3.13. The Labute approximate surface area is 174 Å². The van der Waals surface area contributed by atoms with E-state index in [1.807, 2.05) is 23.6 Å². The maximum Gasteiger partial charge on any atom is 0.261 e. The van der Waals surface area contributed by atoms with Gasteiger partial charge in [-0.3, -0.25) is 9.69 Å². The van der Waals surface area contributed by atoms with Crippen molar-refractivity contribution in [3.63, 3.8) is 0 Å². The van der Waals surface area contributed by atoms with Crippen LogP contribution in [0.4, 0.5) is 0 Å². The van der Waals surface area contributed by atoms with Crippen LogP contribution in [0.15, 0.2) is 52.5 Å². The molecule has 0 bridgehead atoms. The fraction of sp³-hybridized carbons (Fsp3) is 0.435. The second-order valence-corrected chi connectivity index (χ2v) is 9.26. The molecule has 1 aliphatic carbocycles. The van der Waals surface area contributed by atoms with Crippen LogP contribution in [0, 0.1) is 11.8 Å². The van der Waals surface area contributed by atoms with Gasteiger partial charge in [0.2, 0.25) is 0 Å². The fourth-order valence-electron chi connectivity index (χ4n) is 5.07. The number of hydrogen-bond acceptors (Lipinski definition) is 5. The van der Waals surface area contributed by atoms with Gasteiger partial charge in [0.05, 0.1) is 23.3 Å². The van der Waals surface area contributed by atoms with E-state index in [9.17, 15) is 4.79 Å². The molecule has 1 aromatic carbocycles. The van der Waals surface area contributed by atoms with Gasteiger partial charge in [-0.25, -0.2) is 0 Å². The van der Waals surface area contributed by atoms with Crippen molar-refractivity contribution in [2.24, 2.45) is 11.8 Å². The number of rotatable bonds is 5. The first-order valence-corrected chi connectivity index (χ1v) is 11.1. The number of carbonyl (C=O) groups excluding carboxylic acids is 1. The summed E-state index contributed by atoms with van der Waals surface area (Å²) in [4.78, 5) is 15.9. The van der Waals surface area contributed by atoms with Crippen molar-refractivity contribution < 1.29 is 13.9 Å². The van der Waals surface area contributed by atoms with Crippen molar-refractivity contribution in [3.05, 3.63) is 58.5 Å². The first-order chi connectivity index (χ1) is 14.2. The zero-order valence-corrected chi connectivity index (χ0v) is 17.4. The van der Waals surface area contributed by atoms with E-state index in [-0.39, 0.29) is 18.1 Å². The van der Waals surface area contributed by atoms with Crippen LogP contribution in [-0.4, -0.2) is 43.2 Å². The predicted molar refractivity (Wildman–Crippen MR) is 114 cm³/mol. The van der Waals surface area contributed by atoms with Gasteiger partial charge in [0.25, 0.3) is 5.91 Å². The molecule has 1 saturated carbocycles. The number of amides is 1. The van der Waals surface area contributed by atoms with Crippen LogP contribution in [0.3, 0.4) is 0 Å². The minimum Gasteiger partial charge on any atom is -0.464 e. The zero-order chi connectivity index (χ0) is 19.8. The third-order valence-corrected chi connectivity index (χ3v) is 7.35. The minimum atomic E-state index is 0.0220. The molecule has 152 valence electrons. The number of ether oxygens (including phenoxy) is 1. The largest absolute Gasteiger partial charge is 0.464 e. The molecule has 1 saturated heterocycles. The predicted octanol–water partition coefficient (Wildman–Crippen LogP) is 4.15. The molecular formula is C23H26N2O3S. The average molecular weight is 411 g/mol. The van der Waals surface area contributed by atoms with Crippen molar-refractivity contribution in [2.45, 2.75) is 31.5 Å². The standard InChI is InChI=1S/C23H26N2O3S/c1-27-21-11-18-14-25(12-15-4-5-20-16(9-15)6-7-28-20)13-17(18)10-19(21)24-23(26)22-3-2-8-29-22/h2-9,17-19,21H,10-14H2,1H3,(H,24,26)/t17-,18+,19-,21-/m0/s1. The molecule has 5 nitrogen and oxygen atoms in total. The number of methoxy groups -OCH3 is 1. The number of thiophene rings is 1. The van der Waals surface area contributed by atoms with Crippen LogP contribution in [0.2, 0.25) is 0 Å². The van der Waals surface area contributed by atoms with E-state index < -0.39 is 0 Å². The van der Waals surface area contributed by atoms with Gasteiger partial charge in [0.15, 0.2) is 0 Å². The molecule has 1 N–H and O–H groups in total. The molecule has 2 aromatic heterocycles. The van der Waals surface area contributed by atoms with Crippen LogP contribution in [0.25, 0.3) is 11.0 Å². The highest BCUT2D eigenvalue weighted by molar-refractivity contribution is 7.12. The van der Waals surface area contributed by atoms with Gasteiger partial charge < -0.3 is 14.5 Å². The van der Waals surface area contributed by atoms with E-state index in [0.29, 0.717) is 11.8 Å². The van der Waals surface area contributed by atoms with Gasteiger partial charge in [-0.15, -0.1) is 11.3 Å². The highest BCUT2D eigenvalue weighted by Crippen LogP contribution is 2.38. The van der Waals surface area contributed by atoms with Crippen molar-refractivity contribution in [1.29, 1.82) is 0 Å². The summed E-state index contributed by atoms with van der Waals surface area (Å²) in [6, 6.07) is 12.3. The van der Waals surface area contributed by atoms with Crippen LogP contribution in [0.1, 0.15) is 28.1 Å². The number of fused-ring (bicyclic) bond motifs is 2. The molecule has 2 aliphatic rings. The summed E-state index contributed by atoms with van der Waals surface area (Å²) >= 11 is 1.48. The van der Waals surface area contributed by atoms with E-state index >= 15 is 0 Å². The highest BCUT2D eigenvalue weighted by Gasteiger charge is 2.42. The van der Waals surface area contributed by atoms with Gasteiger partial charge in [-0.05, 0) is 59.9 Å². The maximum absolute atomic E-state index is 12.5. The summed E-state index contributed by atoms with van der Waals surface area (Å²) in [6.07, 6.45) is 3.82. The number of benzene rings is 1. The van der Waals surface area contributed by atoms with E-state index in [1.165, 1.54) is 16.9 Å². The molecule has 1 amide bonds. The molecule has 4 atom stereocenters. The second-order valence-electron chi connectivity index (χ2n) is 8.31. The molecular weight excluding hydrogens is 384 g/mol. The summed E-state index contributed by atoms with van der Waals surface area (Å²) in [5, 5.41) is 6.34. The van der Waals surface area contributed by atoms with E-state index in [1.54, 1.807) is 13.4 Å². The summed E-state index contributed by atoms with van der Waals surface area (Å²) in [7, 11) is 1.77. The molecule has 0 radical (unpaired) electrons. The number of furan rings is 1. The summed E-state index contributed by atoms with van der Waals surface area (Å²) in [5.41, 5.74) is 2.26. The van der Waals surface area contributed by atoms with Gasteiger partial charge in [-0.2, -0.15) is 0 Å². The van der Waals surface area contributed by atoms with E-state index in [2.05, 4.69) is 28.4 Å². The Kier molecular flexibility index (Phi) is 5.16. The lowest BCUT2D eigenvalue weighted by molar-refractivity contribution is 0.0125. The lowest BCUT2D eigenvalue weighted by Crippen LogP contribution is -2.50. The van der Waals surface area contributed by atoms with E-state index in [4.69, 9.17) is 9.15 Å². The second kappa shape index (κ2) is 7.94. The Morgan fingerprint density at radius 3 is 2.90 bits per heavy atom. The molecule has 3 heterocycles. The SMILES string of the molecule is CO[C@H]1C[C@@H]2CN(Cc3ccc4occc4c3)C[C@@H]2C[C@@H]1NC(=O)c1cccs1. The molecule has 5 rings (SSSR count). The average Bonchev–Trinajstić information content (AvgIpc) is 3.47. The number of likely N-dealkylation sites (tertiary alicyclic amines) is 1. The Bertz CT molecular complexity index is 983. The van der Waals surface area contributed by atoms with Crippen molar-refractivity contribution in [1.82, 2.24) is 10.2 Å².